The first-order valence-corrected chi connectivity index (χ1v) is 7.82. The number of piperazine rings is 1. The van der Waals surface area contributed by atoms with Crippen LogP contribution in [0.25, 0.3) is 0 Å². The van der Waals surface area contributed by atoms with Crippen molar-refractivity contribution in [2.75, 3.05) is 37.6 Å². The van der Waals surface area contributed by atoms with Gasteiger partial charge in [-0.3, -0.25) is 4.79 Å². The van der Waals surface area contributed by atoms with E-state index in [9.17, 15) is 4.79 Å². The van der Waals surface area contributed by atoms with Crippen LogP contribution in [0.2, 0.25) is 0 Å². The van der Waals surface area contributed by atoms with E-state index in [1.165, 1.54) is 16.8 Å². The van der Waals surface area contributed by atoms with Gasteiger partial charge < -0.3 is 15.5 Å². The van der Waals surface area contributed by atoms with Crippen LogP contribution in [0.15, 0.2) is 18.2 Å². The van der Waals surface area contributed by atoms with Crippen LogP contribution >= 0.6 is 0 Å². The molecule has 1 amide bonds. The van der Waals surface area contributed by atoms with Gasteiger partial charge in [-0.2, -0.15) is 0 Å². The summed E-state index contributed by atoms with van der Waals surface area (Å²) in [5.41, 5.74) is 9.57. The van der Waals surface area contributed by atoms with Crippen molar-refractivity contribution in [1.29, 1.82) is 0 Å². The number of carbonyl (C=O) groups is 1. The molecule has 1 aliphatic heterocycles. The topological polar surface area (TPSA) is 49.6 Å². The molecule has 1 heterocycles. The molecule has 0 aliphatic carbocycles. The molecule has 1 saturated heterocycles. The highest BCUT2D eigenvalue weighted by atomic mass is 16.2. The molecule has 0 bridgehead atoms. The van der Waals surface area contributed by atoms with E-state index >= 15 is 0 Å². The van der Waals surface area contributed by atoms with Crippen LogP contribution in [0.5, 0.6) is 0 Å². The van der Waals surface area contributed by atoms with Gasteiger partial charge in [-0.05, 0) is 43.5 Å². The molecule has 2 N–H and O–H groups in total. The maximum absolute atomic E-state index is 12.2. The van der Waals surface area contributed by atoms with Crippen molar-refractivity contribution in [1.82, 2.24) is 4.90 Å². The third kappa shape index (κ3) is 3.76. The van der Waals surface area contributed by atoms with Gasteiger partial charge in [0.05, 0.1) is 0 Å². The monoisotopic (exact) mass is 289 g/mol. The Balaban J connectivity index is 1.94. The minimum absolute atomic E-state index is 0.244. The minimum atomic E-state index is 0.244. The normalized spacial score (nSPS) is 17.0. The van der Waals surface area contributed by atoms with Crippen LogP contribution in [-0.2, 0) is 4.79 Å². The summed E-state index contributed by atoms with van der Waals surface area (Å²) in [7, 11) is 0. The van der Waals surface area contributed by atoms with Gasteiger partial charge in [0.15, 0.2) is 0 Å². The minimum Gasteiger partial charge on any atom is -0.368 e. The van der Waals surface area contributed by atoms with Crippen molar-refractivity contribution in [2.24, 2.45) is 11.7 Å². The molecule has 1 aromatic carbocycles. The van der Waals surface area contributed by atoms with Gasteiger partial charge in [0.25, 0.3) is 0 Å². The van der Waals surface area contributed by atoms with Crippen molar-refractivity contribution in [3.63, 3.8) is 0 Å². The molecular formula is C17H27N3O. The number of hydrogen-bond donors (Lipinski definition) is 1. The second-order valence-electron chi connectivity index (χ2n) is 6.13. The molecule has 116 valence electrons. The maximum Gasteiger partial charge on any atom is 0.223 e. The Kier molecular flexibility index (Phi) is 5.23. The lowest BCUT2D eigenvalue weighted by molar-refractivity contribution is -0.132. The molecule has 1 fully saturated rings. The lowest BCUT2D eigenvalue weighted by Crippen LogP contribution is -2.49. The number of anilines is 1. The summed E-state index contributed by atoms with van der Waals surface area (Å²) >= 11 is 0. The summed E-state index contributed by atoms with van der Waals surface area (Å²) in [5, 5.41) is 0. The van der Waals surface area contributed by atoms with Gasteiger partial charge in [0, 0.05) is 38.3 Å². The Morgan fingerprint density at radius 3 is 2.52 bits per heavy atom. The molecule has 1 unspecified atom stereocenters. The molecule has 4 nitrogen and oxygen atoms in total. The van der Waals surface area contributed by atoms with Gasteiger partial charge in [0.2, 0.25) is 5.91 Å². The molecular weight excluding hydrogens is 262 g/mol. The summed E-state index contributed by atoms with van der Waals surface area (Å²) in [6, 6.07) is 6.43. The van der Waals surface area contributed by atoms with E-state index < -0.39 is 0 Å². The number of nitrogens with zero attached hydrogens (tertiary/aromatic N) is 2. The second kappa shape index (κ2) is 6.94. The highest BCUT2D eigenvalue weighted by Gasteiger charge is 2.23. The van der Waals surface area contributed by atoms with Gasteiger partial charge in [0.1, 0.15) is 0 Å². The largest absolute Gasteiger partial charge is 0.368 e. The van der Waals surface area contributed by atoms with Gasteiger partial charge in [-0.15, -0.1) is 0 Å². The molecule has 0 aromatic heterocycles. The number of aryl methyl sites for hydroxylation is 1. The average Bonchev–Trinajstić information content (AvgIpc) is 2.50. The van der Waals surface area contributed by atoms with Crippen molar-refractivity contribution in [3.05, 3.63) is 29.3 Å². The summed E-state index contributed by atoms with van der Waals surface area (Å²) in [5.74, 6) is 0.517. The lowest BCUT2D eigenvalue weighted by atomic mass is 10.1. The van der Waals surface area contributed by atoms with Crippen LogP contribution < -0.4 is 10.6 Å². The van der Waals surface area contributed by atoms with Gasteiger partial charge >= 0.3 is 0 Å². The zero-order valence-corrected chi connectivity index (χ0v) is 13.4. The number of amides is 1. The summed E-state index contributed by atoms with van der Waals surface area (Å²) in [6.45, 7) is 10.4. The van der Waals surface area contributed by atoms with Crippen molar-refractivity contribution in [2.45, 2.75) is 27.2 Å². The van der Waals surface area contributed by atoms with E-state index in [1.807, 2.05) is 11.8 Å². The first-order chi connectivity index (χ1) is 10.0. The fourth-order valence-electron chi connectivity index (χ4n) is 2.79. The molecule has 0 spiro atoms. The van der Waals surface area contributed by atoms with Crippen molar-refractivity contribution >= 4 is 11.6 Å². The average molecular weight is 289 g/mol. The second-order valence-corrected chi connectivity index (χ2v) is 6.13. The Bertz CT molecular complexity index is 493. The van der Waals surface area contributed by atoms with E-state index in [2.05, 4.69) is 36.9 Å². The lowest BCUT2D eigenvalue weighted by Gasteiger charge is -2.37. The first-order valence-electron chi connectivity index (χ1n) is 7.82. The fraction of sp³-hybridized carbons (Fsp3) is 0.588. The number of hydrogen-bond acceptors (Lipinski definition) is 3. The number of benzene rings is 1. The van der Waals surface area contributed by atoms with Crippen molar-refractivity contribution in [3.8, 4) is 0 Å². The van der Waals surface area contributed by atoms with Crippen LogP contribution in [0.4, 0.5) is 5.69 Å². The smallest absolute Gasteiger partial charge is 0.223 e. The molecule has 21 heavy (non-hydrogen) atoms. The Hall–Kier alpha value is -1.55. The van der Waals surface area contributed by atoms with E-state index in [-0.39, 0.29) is 11.8 Å². The summed E-state index contributed by atoms with van der Waals surface area (Å²) < 4.78 is 0. The number of carbonyl (C=O) groups excluding carboxylic acids is 1. The maximum atomic E-state index is 12.2. The quantitative estimate of drug-likeness (QED) is 0.921. The van der Waals surface area contributed by atoms with E-state index in [4.69, 9.17) is 5.73 Å². The highest BCUT2D eigenvalue weighted by molar-refractivity contribution is 5.76. The standard InChI is InChI=1S/C17H27N3O/c1-13(12-18)11-17(21)20-9-7-19(8-10-20)16-6-4-5-14(2)15(16)3/h4-6,13H,7-12,18H2,1-3H3. The van der Waals surface area contributed by atoms with Gasteiger partial charge in [-0.1, -0.05) is 19.1 Å². The van der Waals surface area contributed by atoms with E-state index in [1.54, 1.807) is 0 Å². The van der Waals surface area contributed by atoms with Crippen LogP contribution in [0.3, 0.4) is 0 Å². The highest BCUT2D eigenvalue weighted by Crippen LogP contribution is 2.24. The molecule has 1 aliphatic rings. The van der Waals surface area contributed by atoms with E-state index in [0.29, 0.717) is 13.0 Å². The summed E-state index contributed by atoms with van der Waals surface area (Å²) in [4.78, 5) is 16.6. The first kappa shape index (κ1) is 15.8. The zero-order valence-electron chi connectivity index (χ0n) is 13.4. The van der Waals surface area contributed by atoms with Crippen molar-refractivity contribution < 1.29 is 4.79 Å². The zero-order chi connectivity index (χ0) is 15.4. The Morgan fingerprint density at radius 1 is 1.24 bits per heavy atom. The third-order valence-electron chi connectivity index (χ3n) is 4.47. The Labute approximate surface area is 127 Å². The van der Waals surface area contributed by atoms with Gasteiger partial charge in [-0.25, -0.2) is 0 Å². The molecule has 1 aromatic rings. The predicted octanol–water partition coefficient (Wildman–Crippen LogP) is 1.94. The van der Waals surface area contributed by atoms with E-state index in [0.717, 1.165) is 26.2 Å². The number of rotatable bonds is 4. The van der Waals surface area contributed by atoms with Crippen LogP contribution in [0.1, 0.15) is 24.5 Å². The summed E-state index contributed by atoms with van der Waals surface area (Å²) in [6.07, 6.45) is 0.569. The molecule has 4 heteroatoms. The molecule has 0 radical (unpaired) electrons. The molecule has 1 atom stereocenters. The number of nitrogens with two attached hydrogens (primary N) is 1. The fourth-order valence-corrected chi connectivity index (χ4v) is 2.79. The SMILES string of the molecule is Cc1cccc(N2CCN(C(=O)CC(C)CN)CC2)c1C. The molecule has 2 rings (SSSR count). The molecule has 0 saturated carbocycles. The van der Waals surface area contributed by atoms with Crippen LogP contribution in [-0.4, -0.2) is 43.5 Å². The third-order valence-corrected chi connectivity index (χ3v) is 4.47. The van der Waals surface area contributed by atoms with Crippen LogP contribution in [0, 0.1) is 19.8 Å². The Morgan fingerprint density at radius 2 is 1.90 bits per heavy atom. The predicted molar refractivity (Wildman–Crippen MR) is 87.5 cm³/mol.